The van der Waals surface area contributed by atoms with Crippen molar-refractivity contribution in [3.8, 4) is 0 Å². The van der Waals surface area contributed by atoms with E-state index < -0.39 is 10.8 Å². The Bertz CT molecular complexity index is 890. The third kappa shape index (κ3) is 6.84. The number of rotatable bonds is 9. The van der Waals surface area contributed by atoms with Gasteiger partial charge in [-0.3, -0.25) is 19.7 Å². The minimum Gasteiger partial charge on any atom is -0.326 e. The molecule has 0 aromatic heterocycles. The van der Waals surface area contributed by atoms with Crippen molar-refractivity contribution in [3.05, 3.63) is 69.8 Å². The van der Waals surface area contributed by atoms with Crippen LogP contribution in [0.4, 0.5) is 11.4 Å². The standard InChI is InChI=1S/C21H24N4O4/c1-3-4-5-6-20(26)22-18-11-7-17(8-12-18)21(27)24-23-15(2)16-9-13-19(14-10-16)25(28)29/h7-14H,3-6H2,1-2H3,(H,22,26)(H,24,27)/b23-15+. The topological polar surface area (TPSA) is 114 Å². The highest BCUT2D eigenvalue weighted by atomic mass is 16.6. The molecule has 0 atom stereocenters. The fourth-order valence-corrected chi connectivity index (χ4v) is 2.55. The molecule has 8 nitrogen and oxygen atoms in total. The Morgan fingerprint density at radius 2 is 1.62 bits per heavy atom. The molecule has 2 rings (SSSR count). The molecular formula is C21H24N4O4. The van der Waals surface area contributed by atoms with E-state index in [2.05, 4.69) is 22.8 Å². The molecule has 0 spiro atoms. The second-order valence-electron chi connectivity index (χ2n) is 6.52. The van der Waals surface area contributed by atoms with Gasteiger partial charge in [0.15, 0.2) is 0 Å². The van der Waals surface area contributed by atoms with Gasteiger partial charge in [0, 0.05) is 29.8 Å². The summed E-state index contributed by atoms with van der Waals surface area (Å²) in [6.45, 7) is 3.78. The van der Waals surface area contributed by atoms with Gasteiger partial charge in [-0.05, 0) is 55.3 Å². The smallest absolute Gasteiger partial charge is 0.271 e. The summed E-state index contributed by atoms with van der Waals surface area (Å²) < 4.78 is 0. The zero-order chi connectivity index (χ0) is 21.2. The fraction of sp³-hybridized carbons (Fsp3) is 0.286. The lowest BCUT2D eigenvalue weighted by molar-refractivity contribution is -0.384. The average Bonchev–Trinajstić information content (AvgIpc) is 2.72. The quantitative estimate of drug-likeness (QED) is 0.285. The number of amides is 2. The van der Waals surface area contributed by atoms with Crippen LogP contribution in [-0.4, -0.2) is 22.4 Å². The van der Waals surface area contributed by atoms with Crippen LogP contribution in [0.25, 0.3) is 0 Å². The number of benzene rings is 2. The summed E-state index contributed by atoms with van der Waals surface area (Å²) in [6.07, 6.45) is 3.41. The number of hydrazone groups is 1. The van der Waals surface area contributed by atoms with Crippen molar-refractivity contribution in [2.75, 3.05) is 5.32 Å². The minimum absolute atomic E-state index is 0.0110. The number of nitrogens with zero attached hydrogens (tertiary/aromatic N) is 2. The number of anilines is 1. The van der Waals surface area contributed by atoms with Crippen LogP contribution >= 0.6 is 0 Å². The summed E-state index contributed by atoms with van der Waals surface area (Å²) in [4.78, 5) is 34.3. The van der Waals surface area contributed by atoms with Gasteiger partial charge in [-0.15, -0.1) is 0 Å². The van der Waals surface area contributed by atoms with Crippen LogP contribution in [0.5, 0.6) is 0 Å². The van der Waals surface area contributed by atoms with E-state index in [0.29, 0.717) is 28.9 Å². The van der Waals surface area contributed by atoms with Crippen molar-refractivity contribution >= 4 is 28.9 Å². The zero-order valence-corrected chi connectivity index (χ0v) is 16.5. The Hall–Kier alpha value is -3.55. The summed E-state index contributed by atoms with van der Waals surface area (Å²) in [5.41, 5.74) is 4.66. The summed E-state index contributed by atoms with van der Waals surface area (Å²) in [5, 5.41) is 17.5. The van der Waals surface area contributed by atoms with Crippen LogP contribution in [-0.2, 0) is 4.79 Å². The third-order valence-corrected chi connectivity index (χ3v) is 4.26. The summed E-state index contributed by atoms with van der Waals surface area (Å²) in [5.74, 6) is -0.439. The van der Waals surface area contributed by atoms with Crippen LogP contribution in [0.2, 0.25) is 0 Å². The van der Waals surface area contributed by atoms with Gasteiger partial charge in [0.05, 0.1) is 10.6 Å². The maximum Gasteiger partial charge on any atom is 0.271 e. The van der Waals surface area contributed by atoms with Gasteiger partial charge in [0.1, 0.15) is 0 Å². The largest absolute Gasteiger partial charge is 0.326 e. The summed E-state index contributed by atoms with van der Waals surface area (Å²) >= 11 is 0. The molecule has 0 heterocycles. The Morgan fingerprint density at radius 3 is 2.21 bits per heavy atom. The molecule has 0 bridgehead atoms. The first kappa shape index (κ1) is 21.7. The van der Waals surface area contributed by atoms with Crippen LogP contribution in [0.3, 0.4) is 0 Å². The highest BCUT2D eigenvalue weighted by molar-refractivity contribution is 6.01. The molecular weight excluding hydrogens is 372 g/mol. The minimum atomic E-state index is -0.477. The number of carbonyl (C=O) groups excluding carboxylic acids is 2. The number of unbranched alkanes of at least 4 members (excludes halogenated alkanes) is 2. The first-order valence-corrected chi connectivity index (χ1v) is 9.40. The van der Waals surface area contributed by atoms with Crippen molar-refractivity contribution in [1.82, 2.24) is 5.43 Å². The highest BCUT2D eigenvalue weighted by Crippen LogP contribution is 2.13. The number of nitrogens with one attached hydrogen (secondary N) is 2. The van der Waals surface area contributed by atoms with E-state index in [1.165, 1.54) is 12.1 Å². The molecule has 0 saturated carbocycles. The molecule has 0 saturated heterocycles. The molecule has 0 unspecified atom stereocenters. The number of hydrogen-bond donors (Lipinski definition) is 2. The lowest BCUT2D eigenvalue weighted by atomic mass is 10.1. The molecule has 0 aliphatic carbocycles. The maximum absolute atomic E-state index is 12.2. The van der Waals surface area contributed by atoms with E-state index in [1.54, 1.807) is 43.3 Å². The number of hydrogen-bond acceptors (Lipinski definition) is 5. The Morgan fingerprint density at radius 1 is 1.00 bits per heavy atom. The molecule has 2 N–H and O–H groups in total. The van der Waals surface area contributed by atoms with Gasteiger partial charge in [0.25, 0.3) is 11.6 Å². The van der Waals surface area contributed by atoms with Gasteiger partial charge < -0.3 is 5.32 Å². The van der Waals surface area contributed by atoms with Gasteiger partial charge in [-0.1, -0.05) is 19.8 Å². The molecule has 8 heteroatoms. The van der Waals surface area contributed by atoms with Gasteiger partial charge in [-0.25, -0.2) is 5.43 Å². The van der Waals surface area contributed by atoms with Gasteiger partial charge in [0.2, 0.25) is 5.91 Å². The number of nitro benzene ring substituents is 1. The van der Waals surface area contributed by atoms with Crippen LogP contribution in [0, 0.1) is 10.1 Å². The summed E-state index contributed by atoms with van der Waals surface area (Å²) in [6, 6.07) is 12.4. The molecule has 152 valence electrons. The van der Waals surface area contributed by atoms with E-state index >= 15 is 0 Å². The molecule has 2 aromatic rings. The predicted molar refractivity (Wildman–Crippen MR) is 112 cm³/mol. The Balaban J connectivity index is 1.92. The van der Waals surface area contributed by atoms with E-state index in [0.717, 1.165) is 19.3 Å². The van der Waals surface area contributed by atoms with E-state index in [-0.39, 0.29) is 11.6 Å². The second-order valence-corrected chi connectivity index (χ2v) is 6.52. The SMILES string of the molecule is CCCCCC(=O)Nc1ccc(C(=O)N/N=C(\C)c2ccc([N+](=O)[O-])cc2)cc1. The molecule has 0 aliphatic rings. The monoisotopic (exact) mass is 396 g/mol. The van der Waals surface area contributed by atoms with Crippen molar-refractivity contribution in [2.24, 2.45) is 5.10 Å². The molecule has 0 radical (unpaired) electrons. The first-order chi connectivity index (χ1) is 13.9. The molecule has 2 amide bonds. The van der Waals surface area contributed by atoms with Crippen LogP contribution in [0.15, 0.2) is 53.6 Å². The maximum atomic E-state index is 12.2. The normalized spacial score (nSPS) is 11.0. The number of non-ortho nitro benzene ring substituents is 1. The summed E-state index contributed by atoms with van der Waals surface area (Å²) in [7, 11) is 0. The molecule has 29 heavy (non-hydrogen) atoms. The average molecular weight is 396 g/mol. The van der Waals surface area contributed by atoms with E-state index in [9.17, 15) is 19.7 Å². The Labute approximate surface area is 169 Å². The number of nitro groups is 1. The lowest BCUT2D eigenvalue weighted by Gasteiger charge is -2.06. The first-order valence-electron chi connectivity index (χ1n) is 9.40. The highest BCUT2D eigenvalue weighted by Gasteiger charge is 2.08. The molecule has 0 fully saturated rings. The number of carbonyl (C=O) groups is 2. The fourth-order valence-electron chi connectivity index (χ4n) is 2.55. The molecule has 0 aliphatic heterocycles. The second kappa shape index (κ2) is 10.7. The van der Waals surface area contributed by atoms with Gasteiger partial charge in [-0.2, -0.15) is 5.10 Å². The van der Waals surface area contributed by atoms with Crippen molar-refractivity contribution in [3.63, 3.8) is 0 Å². The van der Waals surface area contributed by atoms with Crippen LogP contribution in [0.1, 0.15) is 55.5 Å². The van der Waals surface area contributed by atoms with Crippen molar-refractivity contribution in [2.45, 2.75) is 39.5 Å². The van der Waals surface area contributed by atoms with E-state index in [1.807, 2.05) is 0 Å². The predicted octanol–water partition coefficient (Wildman–Crippen LogP) is 4.27. The van der Waals surface area contributed by atoms with Crippen molar-refractivity contribution in [1.29, 1.82) is 0 Å². The molecule has 2 aromatic carbocycles. The van der Waals surface area contributed by atoms with E-state index in [4.69, 9.17) is 0 Å². The lowest BCUT2D eigenvalue weighted by Crippen LogP contribution is -2.19. The third-order valence-electron chi connectivity index (χ3n) is 4.26. The van der Waals surface area contributed by atoms with Gasteiger partial charge >= 0.3 is 0 Å². The zero-order valence-electron chi connectivity index (χ0n) is 16.5. The van der Waals surface area contributed by atoms with Crippen LogP contribution < -0.4 is 10.7 Å². The Kier molecular flexibility index (Phi) is 8.02. The van der Waals surface area contributed by atoms with Crippen molar-refractivity contribution < 1.29 is 14.5 Å².